The Balaban J connectivity index is 2.14. The monoisotopic (exact) mass is 245 g/mol. The van der Waals surface area contributed by atoms with E-state index < -0.39 is 0 Å². The van der Waals surface area contributed by atoms with Crippen molar-refractivity contribution in [1.82, 2.24) is 5.32 Å². The summed E-state index contributed by atoms with van der Waals surface area (Å²) < 4.78 is 5.46. The van der Waals surface area contributed by atoms with Gasteiger partial charge in [0.25, 0.3) is 0 Å². The van der Waals surface area contributed by atoms with Crippen LogP contribution >= 0.6 is 11.8 Å². The van der Waals surface area contributed by atoms with Gasteiger partial charge >= 0.3 is 0 Å². The zero-order valence-electron chi connectivity index (χ0n) is 11.0. The van der Waals surface area contributed by atoms with Gasteiger partial charge < -0.3 is 10.1 Å². The van der Waals surface area contributed by atoms with Crippen LogP contribution in [0.15, 0.2) is 0 Å². The van der Waals surface area contributed by atoms with Gasteiger partial charge in [-0.1, -0.05) is 6.92 Å². The molecular weight excluding hydrogens is 218 g/mol. The Morgan fingerprint density at radius 1 is 1.44 bits per heavy atom. The highest BCUT2D eigenvalue weighted by Gasteiger charge is 2.22. The van der Waals surface area contributed by atoms with Crippen LogP contribution in [-0.4, -0.2) is 36.8 Å². The summed E-state index contributed by atoms with van der Waals surface area (Å²) in [7, 11) is 1.84. The molecule has 0 aromatic heterocycles. The summed E-state index contributed by atoms with van der Waals surface area (Å²) in [5, 5.41) is 3.75. The van der Waals surface area contributed by atoms with E-state index in [1.807, 2.05) is 18.9 Å². The fourth-order valence-electron chi connectivity index (χ4n) is 2.40. The molecule has 3 heteroatoms. The van der Waals surface area contributed by atoms with Crippen LogP contribution in [-0.2, 0) is 4.74 Å². The summed E-state index contributed by atoms with van der Waals surface area (Å²) in [6.45, 7) is 4.54. The van der Waals surface area contributed by atoms with E-state index in [2.05, 4.69) is 19.2 Å². The molecule has 96 valence electrons. The van der Waals surface area contributed by atoms with Crippen molar-refractivity contribution in [1.29, 1.82) is 0 Å². The second-order valence-corrected chi connectivity index (χ2v) is 6.17. The van der Waals surface area contributed by atoms with Crippen molar-refractivity contribution < 1.29 is 4.74 Å². The van der Waals surface area contributed by atoms with Gasteiger partial charge in [0, 0.05) is 19.2 Å². The second kappa shape index (κ2) is 8.37. The lowest BCUT2D eigenvalue weighted by molar-refractivity contribution is 0.0572. The first-order valence-corrected chi connectivity index (χ1v) is 7.78. The molecule has 0 saturated heterocycles. The van der Waals surface area contributed by atoms with E-state index in [9.17, 15) is 0 Å². The predicted octanol–water partition coefficient (Wildman–Crippen LogP) is 3.07. The lowest BCUT2D eigenvalue weighted by Gasteiger charge is -2.31. The van der Waals surface area contributed by atoms with Crippen molar-refractivity contribution in [2.24, 2.45) is 0 Å². The van der Waals surface area contributed by atoms with E-state index >= 15 is 0 Å². The van der Waals surface area contributed by atoms with E-state index in [4.69, 9.17) is 4.74 Å². The third-order valence-electron chi connectivity index (χ3n) is 3.38. The zero-order valence-corrected chi connectivity index (χ0v) is 11.8. The maximum absolute atomic E-state index is 5.46. The van der Waals surface area contributed by atoms with Gasteiger partial charge in [0.15, 0.2) is 0 Å². The van der Waals surface area contributed by atoms with E-state index in [-0.39, 0.29) is 0 Å². The number of methoxy groups -OCH3 is 1. The molecule has 0 bridgehead atoms. The molecule has 1 N–H and O–H groups in total. The van der Waals surface area contributed by atoms with Gasteiger partial charge in [0.2, 0.25) is 0 Å². The van der Waals surface area contributed by atoms with Gasteiger partial charge in [0.05, 0.1) is 6.10 Å². The number of hydrogen-bond donors (Lipinski definition) is 1. The minimum Gasteiger partial charge on any atom is -0.381 e. The highest BCUT2D eigenvalue weighted by atomic mass is 32.2. The molecular formula is C13H27NOS. The van der Waals surface area contributed by atoms with Crippen LogP contribution < -0.4 is 5.32 Å². The van der Waals surface area contributed by atoms with Crippen molar-refractivity contribution in [3.63, 3.8) is 0 Å². The number of hydrogen-bond acceptors (Lipinski definition) is 3. The van der Waals surface area contributed by atoms with Gasteiger partial charge in [-0.25, -0.2) is 0 Å². The smallest absolute Gasteiger partial charge is 0.0586 e. The van der Waals surface area contributed by atoms with Gasteiger partial charge in [-0.15, -0.1) is 0 Å². The Kier molecular flexibility index (Phi) is 7.50. The van der Waals surface area contributed by atoms with E-state index in [0.29, 0.717) is 18.2 Å². The average molecular weight is 245 g/mol. The summed E-state index contributed by atoms with van der Waals surface area (Å²) in [4.78, 5) is 0. The van der Waals surface area contributed by atoms with Gasteiger partial charge in [-0.2, -0.15) is 11.8 Å². The van der Waals surface area contributed by atoms with Crippen LogP contribution in [0, 0.1) is 0 Å². The number of rotatable bonds is 7. The Hall–Kier alpha value is 0.270. The zero-order chi connectivity index (χ0) is 11.8. The predicted molar refractivity (Wildman–Crippen MR) is 73.3 cm³/mol. The third kappa shape index (κ3) is 5.55. The lowest BCUT2D eigenvalue weighted by atomic mass is 9.92. The molecule has 0 aliphatic heterocycles. The van der Waals surface area contributed by atoms with E-state index in [0.717, 1.165) is 0 Å². The minimum atomic E-state index is 0.489. The Labute approximate surface area is 105 Å². The largest absolute Gasteiger partial charge is 0.381 e. The SMILES string of the molecule is CCSCCC(C)NC1CCCC(OC)C1. The van der Waals surface area contributed by atoms with Crippen molar-refractivity contribution in [2.75, 3.05) is 18.6 Å². The minimum absolute atomic E-state index is 0.489. The van der Waals surface area contributed by atoms with Crippen LogP contribution in [0.4, 0.5) is 0 Å². The number of nitrogens with one attached hydrogen (secondary N) is 1. The molecule has 16 heavy (non-hydrogen) atoms. The third-order valence-corrected chi connectivity index (χ3v) is 4.31. The molecule has 1 rings (SSSR count). The highest BCUT2D eigenvalue weighted by molar-refractivity contribution is 7.99. The quantitative estimate of drug-likeness (QED) is 0.697. The normalized spacial score (nSPS) is 27.9. The van der Waals surface area contributed by atoms with E-state index in [1.165, 1.54) is 43.6 Å². The summed E-state index contributed by atoms with van der Waals surface area (Å²) in [5.74, 6) is 2.52. The average Bonchev–Trinajstić information content (AvgIpc) is 2.29. The van der Waals surface area contributed by atoms with Crippen molar-refractivity contribution in [3.05, 3.63) is 0 Å². The molecule has 0 radical (unpaired) electrons. The van der Waals surface area contributed by atoms with Crippen LogP contribution in [0.2, 0.25) is 0 Å². The van der Waals surface area contributed by atoms with Crippen LogP contribution in [0.1, 0.15) is 46.0 Å². The Morgan fingerprint density at radius 3 is 2.94 bits per heavy atom. The maximum atomic E-state index is 5.46. The first kappa shape index (κ1) is 14.3. The summed E-state index contributed by atoms with van der Waals surface area (Å²) >= 11 is 2.04. The lowest BCUT2D eigenvalue weighted by Crippen LogP contribution is -2.41. The van der Waals surface area contributed by atoms with Crippen LogP contribution in [0.3, 0.4) is 0 Å². The molecule has 1 fully saturated rings. The molecule has 0 spiro atoms. The molecule has 1 saturated carbocycles. The number of ether oxygens (including phenoxy) is 1. The van der Waals surface area contributed by atoms with Crippen LogP contribution in [0.25, 0.3) is 0 Å². The fraction of sp³-hybridized carbons (Fsp3) is 1.00. The molecule has 0 aromatic rings. The van der Waals surface area contributed by atoms with Crippen LogP contribution in [0.5, 0.6) is 0 Å². The van der Waals surface area contributed by atoms with Crippen molar-refractivity contribution in [2.45, 2.75) is 64.1 Å². The summed E-state index contributed by atoms with van der Waals surface area (Å²) in [6.07, 6.45) is 6.85. The maximum Gasteiger partial charge on any atom is 0.0586 e. The standard InChI is InChI=1S/C13H27NOS/c1-4-16-9-8-11(2)14-12-6-5-7-13(10-12)15-3/h11-14H,4-10H2,1-3H3. The molecule has 0 aromatic carbocycles. The summed E-state index contributed by atoms with van der Waals surface area (Å²) in [5.41, 5.74) is 0. The van der Waals surface area contributed by atoms with Crippen molar-refractivity contribution >= 4 is 11.8 Å². The van der Waals surface area contributed by atoms with E-state index in [1.54, 1.807) is 0 Å². The first-order chi connectivity index (χ1) is 7.76. The molecule has 0 heterocycles. The first-order valence-electron chi connectivity index (χ1n) is 6.62. The molecule has 1 aliphatic rings. The molecule has 3 unspecified atom stereocenters. The highest BCUT2D eigenvalue weighted by Crippen LogP contribution is 2.21. The Bertz CT molecular complexity index is 177. The second-order valence-electron chi connectivity index (χ2n) is 4.77. The number of thioether (sulfide) groups is 1. The molecule has 3 atom stereocenters. The molecule has 0 amide bonds. The molecule has 2 nitrogen and oxygen atoms in total. The fourth-order valence-corrected chi connectivity index (χ4v) is 3.21. The van der Waals surface area contributed by atoms with Crippen molar-refractivity contribution in [3.8, 4) is 0 Å². The van der Waals surface area contributed by atoms with Gasteiger partial charge in [-0.05, 0) is 50.5 Å². The van der Waals surface area contributed by atoms with Gasteiger partial charge in [0.1, 0.15) is 0 Å². The van der Waals surface area contributed by atoms with Gasteiger partial charge in [-0.3, -0.25) is 0 Å². The topological polar surface area (TPSA) is 21.3 Å². The summed E-state index contributed by atoms with van der Waals surface area (Å²) in [6, 6.07) is 1.33. The molecule has 1 aliphatic carbocycles. The Morgan fingerprint density at radius 2 is 2.25 bits per heavy atom.